The third-order valence-corrected chi connectivity index (χ3v) is 4.71. The number of Topliss-reactive ketones (excluding diaryl/α,β-unsaturated/α-hetero) is 1. The van der Waals surface area contributed by atoms with Crippen molar-refractivity contribution in [1.82, 2.24) is 0 Å². The molecule has 1 unspecified atom stereocenters. The van der Waals surface area contributed by atoms with Crippen LogP contribution in [0.1, 0.15) is 17.3 Å². The van der Waals surface area contributed by atoms with Crippen molar-refractivity contribution >= 4 is 15.6 Å². The molecule has 0 spiro atoms. The van der Waals surface area contributed by atoms with E-state index >= 15 is 0 Å². The first-order valence-corrected chi connectivity index (χ1v) is 7.21. The maximum atomic E-state index is 13.0. The van der Waals surface area contributed by atoms with Crippen LogP contribution in [0, 0.1) is 11.6 Å². The molecule has 0 aliphatic rings. The highest BCUT2D eigenvalue weighted by atomic mass is 32.2. The Labute approximate surface area is 110 Å². The number of rotatable bonds is 6. The average Bonchev–Trinajstić information content (AvgIpc) is 2.38. The monoisotopic (exact) mass is 292 g/mol. The lowest BCUT2D eigenvalue weighted by Crippen LogP contribution is -2.31. The van der Waals surface area contributed by atoms with Gasteiger partial charge in [-0.3, -0.25) is 4.79 Å². The van der Waals surface area contributed by atoms with Gasteiger partial charge in [-0.1, -0.05) is 0 Å². The highest BCUT2D eigenvalue weighted by Gasteiger charge is 2.28. The zero-order chi connectivity index (χ0) is 14.6. The van der Waals surface area contributed by atoms with Crippen LogP contribution in [0.3, 0.4) is 0 Å². The summed E-state index contributed by atoms with van der Waals surface area (Å²) < 4.78 is 54.0. The molecule has 1 aromatic carbocycles. The highest BCUT2D eigenvalue weighted by Crippen LogP contribution is 2.14. The van der Waals surface area contributed by atoms with Gasteiger partial charge in [0.15, 0.2) is 27.3 Å². The third-order valence-electron chi connectivity index (χ3n) is 2.68. The van der Waals surface area contributed by atoms with Crippen molar-refractivity contribution in [3.8, 4) is 0 Å². The first-order chi connectivity index (χ1) is 8.79. The molecule has 0 N–H and O–H groups in total. The molecule has 0 bridgehead atoms. The number of ketones is 1. The molecule has 7 heteroatoms. The Balaban J connectivity index is 2.96. The van der Waals surface area contributed by atoms with Crippen LogP contribution in [-0.4, -0.2) is 38.9 Å². The van der Waals surface area contributed by atoms with Gasteiger partial charge in [-0.15, -0.1) is 0 Å². The quantitative estimate of drug-likeness (QED) is 0.747. The van der Waals surface area contributed by atoms with Crippen LogP contribution in [0.5, 0.6) is 0 Å². The van der Waals surface area contributed by atoms with Gasteiger partial charge >= 0.3 is 0 Å². The predicted octanol–water partition coefficient (Wildman–Crippen LogP) is 1.60. The van der Waals surface area contributed by atoms with Crippen LogP contribution in [0.2, 0.25) is 0 Å². The minimum absolute atomic E-state index is 0.0300. The van der Waals surface area contributed by atoms with E-state index < -0.39 is 32.5 Å². The number of hydrogen-bond acceptors (Lipinski definition) is 4. The molecule has 0 aromatic heterocycles. The fourth-order valence-corrected chi connectivity index (χ4v) is 2.64. The van der Waals surface area contributed by atoms with Crippen molar-refractivity contribution in [3.63, 3.8) is 0 Å². The van der Waals surface area contributed by atoms with Crippen molar-refractivity contribution in [2.45, 2.75) is 12.2 Å². The lowest BCUT2D eigenvalue weighted by Gasteiger charge is -2.11. The van der Waals surface area contributed by atoms with Crippen LogP contribution in [0.15, 0.2) is 18.2 Å². The molecule has 0 heterocycles. The van der Waals surface area contributed by atoms with Crippen molar-refractivity contribution in [2.24, 2.45) is 0 Å². The summed E-state index contributed by atoms with van der Waals surface area (Å²) in [5.74, 6) is -3.35. The molecule has 1 atom stereocenters. The topological polar surface area (TPSA) is 60.4 Å². The molecule has 1 aromatic rings. The molecule has 0 saturated carbocycles. The fraction of sp³-hybridized carbons (Fsp3) is 0.417. The summed E-state index contributed by atoms with van der Waals surface area (Å²) in [6.45, 7) is 1.19. The van der Waals surface area contributed by atoms with E-state index in [0.29, 0.717) is 6.07 Å². The Kier molecular flexibility index (Phi) is 5.13. The molecule has 1 rings (SSSR count). The number of carbonyl (C=O) groups excluding carboxylic acids is 1. The zero-order valence-electron chi connectivity index (χ0n) is 10.5. The maximum Gasteiger partial charge on any atom is 0.180 e. The smallest absolute Gasteiger partial charge is 0.180 e. The van der Waals surface area contributed by atoms with Crippen molar-refractivity contribution in [2.75, 3.05) is 19.5 Å². The first-order valence-electron chi connectivity index (χ1n) is 5.49. The molecule has 106 valence electrons. The second-order valence-corrected chi connectivity index (χ2v) is 6.44. The Bertz CT molecular complexity index is 569. The van der Waals surface area contributed by atoms with Crippen LogP contribution in [0.4, 0.5) is 8.78 Å². The predicted molar refractivity (Wildman–Crippen MR) is 65.8 cm³/mol. The summed E-state index contributed by atoms with van der Waals surface area (Å²) in [7, 11) is -2.34. The Hall–Kier alpha value is -1.34. The van der Waals surface area contributed by atoms with Gasteiger partial charge < -0.3 is 4.74 Å². The SMILES string of the molecule is COCCS(=O)(=O)C(C)C(=O)c1ccc(F)c(F)c1. The Morgan fingerprint density at radius 3 is 2.47 bits per heavy atom. The second kappa shape index (κ2) is 6.21. The maximum absolute atomic E-state index is 13.0. The van der Waals surface area contributed by atoms with Crippen molar-refractivity contribution < 1.29 is 26.7 Å². The lowest BCUT2D eigenvalue weighted by atomic mass is 10.1. The van der Waals surface area contributed by atoms with E-state index in [0.717, 1.165) is 12.1 Å². The molecular weight excluding hydrogens is 278 g/mol. The Morgan fingerprint density at radius 1 is 1.32 bits per heavy atom. The van der Waals surface area contributed by atoms with Crippen LogP contribution in [-0.2, 0) is 14.6 Å². The van der Waals surface area contributed by atoms with E-state index in [1.165, 1.54) is 14.0 Å². The van der Waals surface area contributed by atoms with E-state index in [1.54, 1.807) is 0 Å². The number of sulfone groups is 1. The highest BCUT2D eigenvalue weighted by molar-refractivity contribution is 7.92. The van der Waals surface area contributed by atoms with Crippen LogP contribution < -0.4 is 0 Å². The molecule has 0 saturated heterocycles. The average molecular weight is 292 g/mol. The summed E-state index contributed by atoms with van der Waals surface area (Å²) in [5.41, 5.74) is -0.174. The summed E-state index contributed by atoms with van der Waals surface area (Å²) >= 11 is 0. The van der Waals surface area contributed by atoms with Crippen LogP contribution >= 0.6 is 0 Å². The number of halogens is 2. The van der Waals surface area contributed by atoms with E-state index in [1.807, 2.05) is 0 Å². The minimum Gasteiger partial charge on any atom is -0.384 e. The van der Waals surface area contributed by atoms with E-state index in [2.05, 4.69) is 4.74 Å². The summed E-state index contributed by atoms with van der Waals surface area (Å²) in [5, 5.41) is -1.33. The molecule has 0 fully saturated rings. The normalized spacial score (nSPS) is 13.3. The standard InChI is InChI=1S/C12H14F2O4S/c1-8(19(16,17)6-5-18-2)12(15)9-3-4-10(13)11(14)7-9/h3-4,7-8H,5-6H2,1-2H3. The number of benzene rings is 1. The van der Waals surface area contributed by atoms with Gasteiger partial charge in [0.25, 0.3) is 0 Å². The number of methoxy groups -OCH3 is 1. The van der Waals surface area contributed by atoms with Gasteiger partial charge in [-0.2, -0.15) is 0 Å². The zero-order valence-corrected chi connectivity index (χ0v) is 11.3. The largest absolute Gasteiger partial charge is 0.384 e. The van der Waals surface area contributed by atoms with Gasteiger partial charge in [-0.25, -0.2) is 17.2 Å². The van der Waals surface area contributed by atoms with Gasteiger partial charge in [-0.05, 0) is 25.1 Å². The molecule has 0 aliphatic heterocycles. The summed E-state index contributed by atoms with van der Waals surface area (Å²) in [6.07, 6.45) is 0. The van der Waals surface area contributed by atoms with Gasteiger partial charge in [0.2, 0.25) is 0 Å². The van der Waals surface area contributed by atoms with Crippen LogP contribution in [0.25, 0.3) is 0 Å². The van der Waals surface area contributed by atoms with E-state index in [9.17, 15) is 22.0 Å². The van der Waals surface area contributed by atoms with E-state index in [-0.39, 0.29) is 17.9 Å². The van der Waals surface area contributed by atoms with Gasteiger partial charge in [0, 0.05) is 12.7 Å². The molecule has 4 nitrogen and oxygen atoms in total. The second-order valence-electron chi connectivity index (χ2n) is 4.00. The summed E-state index contributed by atoms with van der Waals surface area (Å²) in [6, 6.07) is 2.54. The Morgan fingerprint density at radius 2 is 1.95 bits per heavy atom. The summed E-state index contributed by atoms with van der Waals surface area (Å²) in [4.78, 5) is 11.9. The number of hydrogen-bond donors (Lipinski definition) is 0. The molecule has 0 radical (unpaired) electrons. The fourth-order valence-electron chi connectivity index (χ4n) is 1.42. The lowest BCUT2D eigenvalue weighted by molar-refractivity contribution is 0.0990. The first kappa shape index (κ1) is 15.7. The number of carbonyl (C=O) groups is 1. The van der Waals surface area contributed by atoms with Gasteiger partial charge in [0.05, 0.1) is 12.4 Å². The molecule has 19 heavy (non-hydrogen) atoms. The molecule has 0 amide bonds. The number of ether oxygens (including phenoxy) is 1. The van der Waals surface area contributed by atoms with Gasteiger partial charge in [0.1, 0.15) is 5.25 Å². The minimum atomic E-state index is -3.68. The third kappa shape index (κ3) is 3.81. The van der Waals surface area contributed by atoms with E-state index in [4.69, 9.17) is 0 Å². The molecular formula is C12H14F2O4S. The van der Waals surface area contributed by atoms with Crippen molar-refractivity contribution in [3.05, 3.63) is 35.4 Å². The van der Waals surface area contributed by atoms with Crippen molar-refractivity contribution in [1.29, 1.82) is 0 Å². The molecule has 0 aliphatic carbocycles.